The molecule has 0 spiro atoms. The predicted octanol–water partition coefficient (Wildman–Crippen LogP) is 2.74. The van der Waals surface area contributed by atoms with Crippen LogP contribution in [0.2, 0.25) is 5.02 Å². The lowest BCUT2D eigenvalue weighted by atomic mass is 10.1. The minimum atomic E-state index is -1.21. The summed E-state index contributed by atoms with van der Waals surface area (Å²) >= 11 is 5.91. The summed E-state index contributed by atoms with van der Waals surface area (Å²) in [4.78, 5) is 12.0. The number of nitrogens with one attached hydrogen (secondary N) is 1. The summed E-state index contributed by atoms with van der Waals surface area (Å²) < 4.78 is 5.08. The molecule has 2 rings (SSSR count). The Morgan fingerprint density at radius 3 is 2.77 bits per heavy atom. The van der Waals surface area contributed by atoms with Crippen LogP contribution in [-0.2, 0) is 11.2 Å². The van der Waals surface area contributed by atoms with Gasteiger partial charge in [0.05, 0.1) is 7.11 Å². The lowest BCUT2D eigenvalue weighted by Crippen LogP contribution is -2.31. The second-order valence-electron chi connectivity index (χ2n) is 4.85. The minimum Gasteiger partial charge on any atom is -0.497 e. The molecule has 5 heteroatoms. The molecule has 0 heterocycles. The summed E-state index contributed by atoms with van der Waals surface area (Å²) in [6, 6.07) is 14.3. The average molecular weight is 320 g/mol. The number of ether oxygens (including phenoxy) is 1. The van der Waals surface area contributed by atoms with E-state index >= 15 is 0 Å². The average Bonchev–Trinajstić information content (AvgIpc) is 2.54. The van der Waals surface area contributed by atoms with Gasteiger partial charge in [0.25, 0.3) is 5.91 Å². The number of aliphatic hydroxyl groups excluding tert-OH is 1. The first-order valence-corrected chi connectivity index (χ1v) is 7.32. The van der Waals surface area contributed by atoms with Crippen molar-refractivity contribution in [1.82, 2.24) is 5.32 Å². The van der Waals surface area contributed by atoms with Crippen molar-refractivity contribution in [3.63, 3.8) is 0 Å². The maximum Gasteiger partial charge on any atom is 0.253 e. The molecular weight excluding hydrogens is 302 g/mol. The Hall–Kier alpha value is -2.04. The molecule has 1 unspecified atom stereocenters. The van der Waals surface area contributed by atoms with Gasteiger partial charge in [-0.2, -0.15) is 0 Å². The zero-order chi connectivity index (χ0) is 15.9. The standard InChI is InChI=1S/C17H18ClNO3/c1-22-15-7-3-5-13(11-15)16(20)17(21)19-9-8-12-4-2-6-14(18)10-12/h2-7,10-11,16,20H,8-9H2,1H3,(H,19,21). The smallest absolute Gasteiger partial charge is 0.253 e. The number of carbonyl (C=O) groups excluding carboxylic acids is 1. The van der Waals surface area contributed by atoms with E-state index < -0.39 is 12.0 Å². The van der Waals surface area contributed by atoms with Crippen molar-refractivity contribution in [2.75, 3.05) is 13.7 Å². The first kappa shape index (κ1) is 16.3. The van der Waals surface area contributed by atoms with Gasteiger partial charge in [0.15, 0.2) is 6.10 Å². The summed E-state index contributed by atoms with van der Waals surface area (Å²) in [7, 11) is 1.54. The lowest BCUT2D eigenvalue weighted by molar-refractivity contribution is -0.129. The van der Waals surface area contributed by atoms with Crippen LogP contribution in [0.3, 0.4) is 0 Å². The van der Waals surface area contributed by atoms with Crippen LogP contribution in [0.15, 0.2) is 48.5 Å². The van der Waals surface area contributed by atoms with Crippen LogP contribution in [0.5, 0.6) is 5.75 Å². The van der Waals surface area contributed by atoms with Crippen molar-refractivity contribution in [3.05, 3.63) is 64.7 Å². The Bertz CT molecular complexity index is 645. The molecule has 116 valence electrons. The fourth-order valence-electron chi connectivity index (χ4n) is 2.08. The van der Waals surface area contributed by atoms with E-state index in [1.165, 1.54) is 7.11 Å². The van der Waals surface area contributed by atoms with E-state index in [9.17, 15) is 9.90 Å². The molecule has 0 saturated heterocycles. The highest BCUT2D eigenvalue weighted by atomic mass is 35.5. The fourth-order valence-corrected chi connectivity index (χ4v) is 2.30. The second kappa shape index (κ2) is 7.82. The highest BCUT2D eigenvalue weighted by Gasteiger charge is 2.17. The normalized spacial score (nSPS) is 11.8. The Kier molecular flexibility index (Phi) is 5.81. The minimum absolute atomic E-state index is 0.431. The first-order chi connectivity index (χ1) is 10.6. The van der Waals surface area contributed by atoms with Crippen LogP contribution in [0.4, 0.5) is 0 Å². The number of carbonyl (C=O) groups is 1. The van der Waals surface area contributed by atoms with Gasteiger partial charge in [-0.05, 0) is 41.8 Å². The highest BCUT2D eigenvalue weighted by molar-refractivity contribution is 6.30. The van der Waals surface area contributed by atoms with E-state index in [1.54, 1.807) is 30.3 Å². The maximum absolute atomic E-state index is 12.0. The van der Waals surface area contributed by atoms with Crippen LogP contribution in [0.1, 0.15) is 17.2 Å². The monoisotopic (exact) mass is 319 g/mol. The summed E-state index contributed by atoms with van der Waals surface area (Å²) in [5, 5.41) is 13.4. The Labute approximate surface area is 134 Å². The molecule has 0 aliphatic heterocycles. The van der Waals surface area contributed by atoms with E-state index in [0.29, 0.717) is 29.3 Å². The molecule has 2 N–H and O–H groups in total. The summed E-state index contributed by atoms with van der Waals surface area (Å²) in [6.45, 7) is 0.431. The Balaban J connectivity index is 1.88. The van der Waals surface area contributed by atoms with Crippen molar-refractivity contribution in [2.45, 2.75) is 12.5 Å². The van der Waals surface area contributed by atoms with E-state index in [2.05, 4.69) is 5.32 Å². The quantitative estimate of drug-likeness (QED) is 0.860. The van der Waals surface area contributed by atoms with Crippen LogP contribution in [0, 0.1) is 0 Å². The van der Waals surface area contributed by atoms with Crippen molar-refractivity contribution in [3.8, 4) is 5.75 Å². The number of methoxy groups -OCH3 is 1. The van der Waals surface area contributed by atoms with Crippen molar-refractivity contribution < 1.29 is 14.6 Å². The number of amides is 1. The third-order valence-electron chi connectivity index (χ3n) is 3.26. The Morgan fingerprint density at radius 2 is 2.05 bits per heavy atom. The van der Waals surface area contributed by atoms with Gasteiger partial charge < -0.3 is 15.2 Å². The molecule has 4 nitrogen and oxygen atoms in total. The third kappa shape index (κ3) is 4.48. The summed E-state index contributed by atoms with van der Waals surface area (Å²) in [5.74, 6) is 0.165. The SMILES string of the molecule is COc1cccc(C(O)C(=O)NCCc2cccc(Cl)c2)c1. The number of hydrogen-bond acceptors (Lipinski definition) is 3. The van der Waals surface area contributed by atoms with Crippen LogP contribution in [0.25, 0.3) is 0 Å². The molecule has 0 saturated carbocycles. The molecular formula is C17H18ClNO3. The van der Waals surface area contributed by atoms with Crippen molar-refractivity contribution in [2.24, 2.45) is 0 Å². The molecule has 1 amide bonds. The summed E-state index contributed by atoms with van der Waals surface area (Å²) in [5.41, 5.74) is 1.53. The molecule has 0 aliphatic rings. The van der Waals surface area contributed by atoms with Gasteiger partial charge in [-0.25, -0.2) is 0 Å². The molecule has 0 aromatic heterocycles. The zero-order valence-corrected chi connectivity index (χ0v) is 13.0. The molecule has 0 radical (unpaired) electrons. The van der Waals surface area contributed by atoms with E-state index in [0.717, 1.165) is 5.56 Å². The van der Waals surface area contributed by atoms with Crippen molar-refractivity contribution in [1.29, 1.82) is 0 Å². The number of rotatable bonds is 6. The molecule has 1 atom stereocenters. The van der Waals surface area contributed by atoms with Gasteiger partial charge in [0, 0.05) is 11.6 Å². The Morgan fingerprint density at radius 1 is 1.27 bits per heavy atom. The lowest BCUT2D eigenvalue weighted by Gasteiger charge is -2.12. The number of aliphatic hydroxyl groups is 1. The van der Waals surface area contributed by atoms with Gasteiger partial charge in [-0.1, -0.05) is 35.9 Å². The molecule has 2 aromatic carbocycles. The highest BCUT2D eigenvalue weighted by Crippen LogP contribution is 2.19. The van der Waals surface area contributed by atoms with Gasteiger partial charge in [-0.15, -0.1) is 0 Å². The number of benzene rings is 2. The number of halogens is 1. The summed E-state index contributed by atoms with van der Waals surface area (Å²) in [6.07, 6.45) is -0.564. The maximum atomic E-state index is 12.0. The second-order valence-corrected chi connectivity index (χ2v) is 5.29. The third-order valence-corrected chi connectivity index (χ3v) is 3.49. The topological polar surface area (TPSA) is 58.6 Å². The molecule has 0 aliphatic carbocycles. The van der Waals surface area contributed by atoms with Gasteiger partial charge in [0.2, 0.25) is 0 Å². The van der Waals surface area contributed by atoms with Crippen LogP contribution < -0.4 is 10.1 Å². The molecule has 2 aromatic rings. The molecule has 0 bridgehead atoms. The van der Waals surface area contributed by atoms with Gasteiger partial charge >= 0.3 is 0 Å². The zero-order valence-electron chi connectivity index (χ0n) is 12.3. The predicted molar refractivity (Wildman–Crippen MR) is 86.1 cm³/mol. The fraction of sp³-hybridized carbons (Fsp3) is 0.235. The molecule has 0 fully saturated rings. The van der Waals surface area contributed by atoms with Gasteiger partial charge in [-0.3, -0.25) is 4.79 Å². The largest absolute Gasteiger partial charge is 0.497 e. The van der Waals surface area contributed by atoms with Crippen molar-refractivity contribution >= 4 is 17.5 Å². The molecule has 22 heavy (non-hydrogen) atoms. The first-order valence-electron chi connectivity index (χ1n) is 6.94. The van der Waals surface area contributed by atoms with E-state index in [4.69, 9.17) is 16.3 Å². The van der Waals surface area contributed by atoms with Crippen LogP contribution >= 0.6 is 11.6 Å². The van der Waals surface area contributed by atoms with E-state index in [-0.39, 0.29) is 0 Å². The number of hydrogen-bond donors (Lipinski definition) is 2. The van der Waals surface area contributed by atoms with Gasteiger partial charge in [0.1, 0.15) is 5.75 Å². The van der Waals surface area contributed by atoms with E-state index in [1.807, 2.05) is 18.2 Å². The van der Waals surface area contributed by atoms with Crippen LogP contribution in [-0.4, -0.2) is 24.7 Å².